The van der Waals surface area contributed by atoms with Gasteiger partial charge >= 0.3 is 0 Å². The summed E-state index contributed by atoms with van der Waals surface area (Å²) in [6, 6.07) is 26.7. The highest BCUT2D eigenvalue weighted by Gasteiger charge is 2.28. The van der Waals surface area contributed by atoms with Crippen LogP contribution >= 0.6 is 11.6 Å². The number of benzene rings is 4. The van der Waals surface area contributed by atoms with Gasteiger partial charge in [-0.15, -0.1) is 0 Å². The number of amides is 1. The third kappa shape index (κ3) is 5.93. The van der Waals surface area contributed by atoms with Crippen LogP contribution in [0.15, 0.2) is 95.9 Å². The van der Waals surface area contributed by atoms with Crippen molar-refractivity contribution in [2.45, 2.75) is 11.8 Å². The second-order valence-corrected chi connectivity index (χ2v) is 10.3. The first kappa shape index (κ1) is 24.6. The highest BCUT2D eigenvalue weighted by Crippen LogP contribution is 2.28. The number of nitrogens with one attached hydrogen (secondary N) is 1. The van der Waals surface area contributed by atoms with Crippen LogP contribution in [0, 0.1) is 6.92 Å². The third-order valence-electron chi connectivity index (χ3n) is 5.46. The molecule has 0 radical (unpaired) electrons. The van der Waals surface area contributed by atoms with Crippen LogP contribution in [0.2, 0.25) is 5.02 Å². The molecular weight excluding hydrogens is 484 g/mol. The summed E-state index contributed by atoms with van der Waals surface area (Å²) in [6.45, 7) is 1.85. The maximum absolute atomic E-state index is 13.4. The number of halogens is 1. The second kappa shape index (κ2) is 10.8. The molecule has 180 valence electrons. The van der Waals surface area contributed by atoms with Gasteiger partial charge in [-0.25, -0.2) is 8.42 Å². The van der Waals surface area contributed by atoms with Crippen molar-refractivity contribution in [1.82, 2.24) is 5.32 Å². The zero-order valence-electron chi connectivity index (χ0n) is 19.1. The van der Waals surface area contributed by atoms with Gasteiger partial charge in [0.05, 0.1) is 17.1 Å². The summed E-state index contributed by atoms with van der Waals surface area (Å²) in [4.78, 5) is 12.9. The molecule has 0 atom stereocenters. The van der Waals surface area contributed by atoms with E-state index < -0.39 is 15.9 Å². The van der Waals surface area contributed by atoms with Gasteiger partial charge in [0, 0.05) is 5.02 Å². The van der Waals surface area contributed by atoms with E-state index in [1.165, 1.54) is 12.1 Å². The number of nitrogens with zero attached hydrogens (tertiary/aromatic N) is 1. The van der Waals surface area contributed by atoms with E-state index in [-0.39, 0.29) is 24.6 Å². The lowest BCUT2D eigenvalue weighted by Gasteiger charge is -2.25. The lowest BCUT2D eigenvalue weighted by atomic mass is 10.1. The zero-order chi connectivity index (χ0) is 24.8. The minimum absolute atomic E-state index is 0.0989. The predicted molar refractivity (Wildman–Crippen MR) is 140 cm³/mol. The van der Waals surface area contributed by atoms with Crippen LogP contribution < -0.4 is 14.4 Å². The quantitative estimate of drug-likeness (QED) is 0.316. The van der Waals surface area contributed by atoms with Gasteiger partial charge in [0.15, 0.2) is 0 Å². The number of rotatable bonds is 9. The second-order valence-electron chi connectivity index (χ2n) is 7.96. The van der Waals surface area contributed by atoms with Crippen LogP contribution in [0.3, 0.4) is 0 Å². The largest absolute Gasteiger partial charge is 0.492 e. The molecule has 0 saturated heterocycles. The number of anilines is 1. The van der Waals surface area contributed by atoms with E-state index in [0.717, 1.165) is 15.1 Å². The van der Waals surface area contributed by atoms with E-state index in [1.807, 2.05) is 42.5 Å². The summed E-state index contributed by atoms with van der Waals surface area (Å²) in [6.07, 6.45) is 0. The van der Waals surface area contributed by atoms with Gasteiger partial charge in [-0.2, -0.15) is 0 Å². The highest BCUT2D eigenvalue weighted by molar-refractivity contribution is 7.92. The van der Waals surface area contributed by atoms with Crippen LogP contribution in [0.5, 0.6) is 5.75 Å². The van der Waals surface area contributed by atoms with Crippen LogP contribution in [-0.2, 0) is 14.8 Å². The van der Waals surface area contributed by atoms with Crippen LogP contribution in [0.25, 0.3) is 10.8 Å². The van der Waals surface area contributed by atoms with Crippen molar-refractivity contribution in [1.29, 1.82) is 0 Å². The molecule has 8 heteroatoms. The fraction of sp³-hybridized carbons (Fsp3) is 0.148. The first-order chi connectivity index (χ1) is 16.8. The van der Waals surface area contributed by atoms with E-state index in [9.17, 15) is 13.2 Å². The Morgan fingerprint density at radius 2 is 1.63 bits per heavy atom. The van der Waals surface area contributed by atoms with Gasteiger partial charge in [0.25, 0.3) is 10.0 Å². The van der Waals surface area contributed by atoms with E-state index in [4.69, 9.17) is 16.3 Å². The molecule has 0 aliphatic heterocycles. The summed E-state index contributed by atoms with van der Waals surface area (Å²) in [7, 11) is -3.98. The fourth-order valence-electron chi connectivity index (χ4n) is 3.72. The standard InChI is InChI=1S/C27H25ClN2O4S/c1-20-17-23(28)12-14-26(20)30(35(32,33)25-9-3-2-4-10-25)19-27(31)29-15-16-34-24-13-11-21-7-5-6-8-22(21)18-24/h2-14,17-18H,15-16,19H2,1H3,(H,29,31). The zero-order valence-corrected chi connectivity index (χ0v) is 20.7. The minimum atomic E-state index is -3.98. The normalized spacial score (nSPS) is 11.3. The number of sulfonamides is 1. The van der Waals surface area contributed by atoms with Gasteiger partial charge in [-0.1, -0.05) is 60.1 Å². The smallest absolute Gasteiger partial charge is 0.264 e. The number of carbonyl (C=O) groups is 1. The molecule has 4 aromatic rings. The molecule has 0 aliphatic rings. The molecule has 0 saturated carbocycles. The Balaban J connectivity index is 1.44. The highest BCUT2D eigenvalue weighted by atomic mass is 35.5. The molecule has 35 heavy (non-hydrogen) atoms. The summed E-state index contributed by atoms with van der Waals surface area (Å²) in [5.41, 5.74) is 1.03. The molecule has 0 unspecified atom stereocenters. The molecule has 6 nitrogen and oxygen atoms in total. The van der Waals surface area contributed by atoms with Crippen molar-refractivity contribution < 1.29 is 17.9 Å². The summed E-state index contributed by atoms with van der Waals surface area (Å²) >= 11 is 6.06. The molecule has 0 bridgehead atoms. The summed E-state index contributed by atoms with van der Waals surface area (Å²) in [5.74, 6) is 0.254. The first-order valence-electron chi connectivity index (χ1n) is 11.1. The number of hydrogen-bond donors (Lipinski definition) is 1. The number of aryl methyl sites for hydroxylation is 1. The molecule has 1 amide bonds. The van der Waals surface area contributed by atoms with Gasteiger partial charge in [-0.3, -0.25) is 9.10 Å². The molecule has 0 heterocycles. The molecule has 1 N–H and O–H groups in total. The van der Waals surface area contributed by atoms with Gasteiger partial charge in [0.1, 0.15) is 18.9 Å². The van der Waals surface area contributed by atoms with Crippen molar-refractivity contribution in [2.24, 2.45) is 0 Å². The lowest BCUT2D eigenvalue weighted by molar-refractivity contribution is -0.119. The minimum Gasteiger partial charge on any atom is -0.492 e. The van der Waals surface area contributed by atoms with Crippen molar-refractivity contribution in [2.75, 3.05) is 24.0 Å². The molecule has 0 spiro atoms. The van der Waals surface area contributed by atoms with E-state index >= 15 is 0 Å². The number of carbonyl (C=O) groups excluding carboxylic acids is 1. The van der Waals surface area contributed by atoms with Crippen LogP contribution in [-0.4, -0.2) is 34.0 Å². The number of hydrogen-bond acceptors (Lipinski definition) is 4. The molecule has 0 fully saturated rings. The Hall–Kier alpha value is -3.55. The predicted octanol–water partition coefficient (Wildman–Crippen LogP) is 5.19. The summed E-state index contributed by atoms with van der Waals surface area (Å²) < 4.78 is 33.7. The Bertz CT molecular complexity index is 1440. The first-order valence-corrected chi connectivity index (χ1v) is 12.9. The van der Waals surface area contributed by atoms with Gasteiger partial charge in [0.2, 0.25) is 5.91 Å². The Morgan fingerprint density at radius 3 is 2.37 bits per heavy atom. The van der Waals surface area contributed by atoms with E-state index in [2.05, 4.69) is 5.32 Å². The molecular formula is C27H25ClN2O4S. The average Bonchev–Trinajstić information content (AvgIpc) is 2.86. The molecule has 4 aromatic carbocycles. The Morgan fingerprint density at radius 1 is 0.914 bits per heavy atom. The van der Waals surface area contributed by atoms with Crippen LogP contribution in [0.4, 0.5) is 5.69 Å². The maximum Gasteiger partial charge on any atom is 0.264 e. The Labute approximate surface area is 210 Å². The van der Waals surface area contributed by atoms with E-state index in [1.54, 1.807) is 43.3 Å². The van der Waals surface area contributed by atoms with E-state index in [0.29, 0.717) is 22.0 Å². The molecule has 0 aliphatic carbocycles. The molecule has 0 aromatic heterocycles. The Kier molecular flexibility index (Phi) is 7.58. The van der Waals surface area contributed by atoms with Crippen molar-refractivity contribution in [3.63, 3.8) is 0 Å². The maximum atomic E-state index is 13.4. The summed E-state index contributed by atoms with van der Waals surface area (Å²) in [5, 5.41) is 5.41. The van der Waals surface area contributed by atoms with Crippen molar-refractivity contribution >= 4 is 44.0 Å². The average molecular weight is 509 g/mol. The van der Waals surface area contributed by atoms with Crippen LogP contribution in [0.1, 0.15) is 5.56 Å². The lowest BCUT2D eigenvalue weighted by Crippen LogP contribution is -2.42. The number of ether oxygens (including phenoxy) is 1. The fourth-order valence-corrected chi connectivity index (χ4v) is 5.45. The van der Waals surface area contributed by atoms with Crippen molar-refractivity contribution in [3.05, 3.63) is 102 Å². The number of fused-ring (bicyclic) bond motifs is 1. The monoisotopic (exact) mass is 508 g/mol. The van der Waals surface area contributed by atoms with Gasteiger partial charge < -0.3 is 10.1 Å². The third-order valence-corrected chi connectivity index (χ3v) is 7.47. The van der Waals surface area contributed by atoms with Crippen molar-refractivity contribution in [3.8, 4) is 5.75 Å². The van der Waals surface area contributed by atoms with Gasteiger partial charge in [-0.05, 0) is 65.7 Å². The topological polar surface area (TPSA) is 75.7 Å². The SMILES string of the molecule is Cc1cc(Cl)ccc1N(CC(=O)NCCOc1ccc2ccccc2c1)S(=O)(=O)c1ccccc1. The molecule has 4 rings (SSSR count).